The summed E-state index contributed by atoms with van der Waals surface area (Å²) in [5.41, 5.74) is 0.769. The van der Waals surface area contributed by atoms with Crippen LogP contribution < -0.4 is 4.74 Å². The van der Waals surface area contributed by atoms with E-state index >= 15 is 0 Å². The van der Waals surface area contributed by atoms with Crippen LogP contribution in [0.15, 0.2) is 40.8 Å². The van der Waals surface area contributed by atoms with Crippen LogP contribution in [0.2, 0.25) is 0 Å². The lowest BCUT2D eigenvalue weighted by Gasteiger charge is -2.28. The van der Waals surface area contributed by atoms with Crippen molar-refractivity contribution in [3.63, 3.8) is 0 Å². The average molecular weight is 345 g/mol. The number of rotatable bonds is 6. The molecule has 1 aliphatic heterocycles. The Labute approximate surface area is 147 Å². The lowest BCUT2D eigenvalue weighted by atomic mass is 10.00. The molecule has 0 radical (unpaired) electrons. The van der Waals surface area contributed by atoms with E-state index in [4.69, 9.17) is 13.9 Å². The zero-order chi connectivity index (χ0) is 17.8. The number of carbonyl (C=O) groups excluding carboxylic acids is 1. The first-order valence-corrected chi connectivity index (χ1v) is 8.34. The van der Waals surface area contributed by atoms with Crippen molar-refractivity contribution in [3.8, 4) is 5.75 Å². The van der Waals surface area contributed by atoms with Crippen molar-refractivity contribution >= 4 is 5.91 Å². The maximum Gasteiger partial charge on any atom is 0.289 e. The Morgan fingerprint density at radius 2 is 2.04 bits per heavy atom. The van der Waals surface area contributed by atoms with Crippen molar-refractivity contribution in [2.75, 3.05) is 20.8 Å². The second-order valence-corrected chi connectivity index (χ2v) is 6.13. The lowest BCUT2D eigenvalue weighted by molar-refractivity contribution is 0.0456. The van der Waals surface area contributed by atoms with E-state index in [0.29, 0.717) is 18.9 Å². The Hall–Kier alpha value is -2.31. The van der Waals surface area contributed by atoms with Gasteiger partial charge in [-0.2, -0.15) is 0 Å². The van der Waals surface area contributed by atoms with Crippen LogP contribution in [0.3, 0.4) is 0 Å². The molecule has 6 heteroatoms. The van der Waals surface area contributed by atoms with Crippen LogP contribution in [0.5, 0.6) is 5.75 Å². The van der Waals surface area contributed by atoms with E-state index in [0.717, 1.165) is 24.2 Å². The minimum atomic E-state index is -0.745. The third kappa shape index (κ3) is 3.70. The summed E-state index contributed by atoms with van der Waals surface area (Å²) in [4.78, 5) is 14.5. The van der Waals surface area contributed by atoms with E-state index in [2.05, 4.69) is 0 Å². The van der Waals surface area contributed by atoms with Gasteiger partial charge in [0.2, 0.25) is 0 Å². The number of nitrogens with zero attached hydrogens (tertiary/aromatic N) is 1. The summed E-state index contributed by atoms with van der Waals surface area (Å²) >= 11 is 0. The first-order valence-electron chi connectivity index (χ1n) is 8.34. The number of methoxy groups -OCH3 is 2. The molecule has 25 heavy (non-hydrogen) atoms. The smallest absolute Gasteiger partial charge is 0.289 e. The molecule has 1 aliphatic rings. The summed E-state index contributed by atoms with van der Waals surface area (Å²) in [5.74, 6) is 1.42. The molecule has 6 nitrogen and oxygen atoms in total. The minimum absolute atomic E-state index is 0.197. The van der Waals surface area contributed by atoms with Gasteiger partial charge in [-0.25, -0.2) is 0 Å². The van der Waals surface area contributed by atoms with Gasteiger partial charge in [-0.15, -0.1) is 0 Å². The van der Waals surface area contributed by atoms with Crippen molar-refractivity contribution < 1.29 is 23.8 Å². The van der Waals surface area contributed by atoms with Crippen LogP contribution in [0.4, 0.5) is 0 Å². The van der Waals surface area contributed by atoms with E-state index in [1.807, 2.05) is 24.3 Å². The molecule has 2 atom stereocenters. The van der Waals surface area contributed by atoms with Gasteiger partial charge in [-0.05, 0) is 42.7 Å². The van der Waals surface area contributed by atoms with Crippen LogP contribution in [-0.4, -0.2) is 42.7 Å². The van der Waals surface area contributed by atoms with E-state index in [1.54, 1.807) is 31.3 Å². The first-order chi connectivity index (χ1) is 12.1. The third-order valence-electron chi connectivity index (χ3n) is 4.54. The number of ether oxygens (including phenoxy) is 2. The molecule has 2 aromatic rings. The molecule has 1 aromatic heterocycles. The summed E-state index contributed by atoms with van der Waals surface area (Å²) in [6, 6.07) is 10.4. The van der Waals surface area contributed by atoms with Crippen molar-refractivity contribution in [1.82, 2.24) is 4.90 Å². The topological polar surface area (TPSA) is 72.1 Å². The van der Waals surface area contributed by atoms with Gasteiger partial charge < -0.3 is 23.9 Å². The second-order valence-electron chi connectivity index (χ2n) is 6.13. The molecule has 1 N–H and O–H groups in total. The van der Waals surface area contributed by atoms with Gasteiger partial charge >= 0.3 is 0 Å². The molecular formula is C19H23NO5. The van der Waals surface area contributed by atoms with E-state index in [1.165, 1.54) is 0 Å². The largest absolute Gasteiger partial charge is 0.497 e. The van der Waals surface area contributed by atoms with Crippen molar-refractivity contribution in [2.24, 2.45) is 0 Å². The number of likely N-dealkylation sites (tertiary alicyclic amines) is 1. The van der Waals surface area contributed by atoms with E-state index < -0.39 is 6.10 Å². The summed E-state index contributed by atoms with van der Waals surface area (Å²) < 4.78 is 15.7. The van der Waals surface area contributed by atoms with Crippen LogP contribution in [0.25, 0.3) is 0 Å². The Bertz CT molecular complexity index is 709. The van der Waals surface area contributed by atoms with Gasteiger partial charge in [0.1, 0.15) is 18.1 Å². The summed E-state index contributed by atoms with van der Waals surface area (Å²) in [6.07, 6.45) is 0.866. The predicted molar refractivity (Wildman–Crippen MR) is 91.4 cm³/mol. The molecule has 2 heterocycles. The zero-order valence-electron chi connectivity index (χ0n) is 14.5. The molecule has 1 aromatic carbocycles. The van der Waals surface area contributed by atoms with Crippen molar-refractivity contribution in [1.29, 1.82) is 0 Å². The van der Waals surface area contributed by atoms with Gasteiger partial charge in [-0.3, -0.25) is 4.79 Å². The molecule has 1 amide bonds. The number of carbonyl (C=O) groups is 1. The van der Waals surface area contributed by atoms with Crippen molar-refractivity contribution in [3.05, 3.63) is 53.5 Å². The van der Waals surface area contributed by atoms with Gasteiger partial charge in [0.25, 0.3) is 5.91 Å². The molecule has 0 spiro atoms. The second kappa shape index (κ2) is 7.72. The SMILES string of the molecule is COCc1ccc(C(=O)N2CCC[C@H]2[C@H](O)c2ccc(OC)cc2)o1. The number of amides is 1. The average Bonchev–Trinajstić information content (AvgIpc) is 3.30. The lowest BCUT2D eigenvalue weighted by Crippen LogP contribution is -2.39. The Balaban J connectivity index is 1.75. The molecule has 1 fully saturated rings. The van der Waals surface area contributed by atoms with Crippen LogP contribution in [0.1, 0.15) is 40.8 Å². The van der Waals surface area contributed by atoms with Crippen molar-refractivity contribution in [2.45, 2.75) is 31.6 Å². The molecule has 0 bridgehead atoms. The molecule has 3 rings (SSSR count). The third-order valence-corrected chi connectivity index (χ3v) is 4.54. The van der Waals surface area contributed by atoms with E-state index in [9.17, 15) is 9.90 Å². The molecule has 0 aliphatic carbocycles. The maximum atomic E-state index is 12.8. The monoisotopic (exact) mass is 345 g/mol. The Kier molecular flexibility index (Phi) is 5.40. The number of aliphatic hydroxyl groups excluding tert-OH is 1. The number of furan rings is 1. The highest BCUT2D eigenvalue weighted by Crippen LogP contribution is 2.31. The molecule has 134 valence electrons. The minimum Gasteiger partial charge on any atom is -0.497 e. The van der Waals surface area contributed by atoms with Crippen LogP contribution in [0, 0.1) is 0 Å². The number of benzene rings is 1. The van der Waals surface area contributed by atoms with Crippen LogP contribution >= 0.6 is 0 Å². The Morgan fingerprint density at radius 3 is 2.72 bits per heavy atom. The first kappa shape index (κ1) is 17.5. The van der Waals surface area contributed by atoms with Gasteiger partial charge in [0.05, 0.1) is 19.3 Å². The summed E-state index contributed by atoms with van der Waals surface area (Å²) in [5, 5.41) is 10.8. The fourth-order valence-corrected chi connectivity index (χ4v) is 3.25. The van der Waals surface area contributed by atoms with Gasteiger partial charge in [0.15, 0.2) is 5.76 Å². The summed E-state index contributed by atoms with van der Waals surface area (Å²) in [7, 11) is 3.18. The normalized spacial score (nSPS) is 18.4. The highest BCUT2D eigenvalue weighted by Gasteiger charge is 2.36. The standard InChI is InChI=1S/C19H23NO5/c1-23-12-15-9-10-17(25-15)19(22)20-11-3-4-16(20)18(21)13-5-7-14(24-2)8-6-13/h5-10,16,18,21H,3-4,11-12H2,1-2H3/t16-,18+/m0/s1. The van der Waals surface area contributed by atoms with Gasteiger partial charge in [0, 0.05) is 13.7 Å². The number of aliphatic hydroxyl groups is 1. The fourth-order valence-electron chi connectivity index (χ4n) is 3.25. The summed E-state index contributed by atoms with van der Waals surface area (Å²) in [6.45, 7) is 0.933. The van der Waals surface area contributed by atoms with E-state index in [-0.39, 0.29) is 17.7 Å². The quantitative estimate of drug-likeness (QED) is 0.872. The number of hydrogen-bond donors (Lipinski definition) is 1. The van der Waals surface area contributed by atoms with Crippen LogP contribution in [-0.2, 0) is 11.3 Å². The molecule has 0 saturated carbocycles. The number of hydrogen-bond acceptors (Lipinski definition) is 5. The molecule has 0 unspecified atom stereocenters. The Morgan fingerprint density at radius 1 is 1.28 bits per heavy atom. The highest BCUT2D eigenvalue weighted by atomic mass is 16.5. The molecule has 1 saturated heterocycles. The van der Waals surface area contributed by atoms with Gasteiger partial charge in [-0.1, -0.05) is 12.1 Å². The molecular weight excluding hydrogens is 322 g/mol. The maximum absolute atomic E-state index is 12.8. The predicted octanol–water partition coefficient (Wildman–Crippen LogP) is 2.77. The highest BCUT2D eigenvalue weighted by molar-refractivity contribution is 5.92. The fraction of sp³-hybridized carbons (Fsp3) is 0.421. The zero-order valence-corrected chi connectivity index (χ0v) is 14.5.